The van der Waals surface area contributed by atoms with Gasteiger partial charge in [-0.2, -0.15) is 0 Å². The molecule has 0 aromatic heterocycles. The minimum Gasteiger partial charge on any atom is -0.491 e. The minimum atomic E-state index is -0.357. The molecule has 0 aliphatic carbocycles. The third-order valence-electron chi connectivity index (χ3n) is 2.92. The Kier molecular flexibility index (Phi) is 7.74. The van der Waals surface area contributed by atoms with Gasteiger partial charge in [0.15, 0.2) is 0 Å². The third kappa shape index (κ3) is 6.57. The Hall–Kier alpha value is -1.63. The van der Waals surface area contributed by atoms with Gasteiger partial charge in [0, 0.05) is 13.1 Å². The summed E-state index contributed by atoms with van der Waals surface area (Å²) in [6.45, 7) is 6.81. The van der Waals surface area contributed by atoms with Crippen LogP contribution in [0.1, 0.15) is 24.2 Å². The molecule has 1 rings (SSSR count). The molecule has 21 heavy (non-hydrogen) atoms. The van der Waals surface area contributed by atoms with Crippen molar-refractivity contribution in [2.45, 2.75) is 20.0 Å². The van der Waals surface area contributed by atoms with Crippen LogP contribution >= 0.6 is 0 Å². The molecule has 0 aliphatic heterocycles. The van der Waals surface area contributed by atoms with Crippen molar-refractivity contribution in [2.75, 3.05) is 33.4 Å². The predicted octanol–water partition coefficient (Wildman–Crippen LogP) is 1.03. The third-order valence-corrected chi connectivity index (χ3v) is 2.92. The van der Waals surface area contributed by atoms with E-state index in [2.05, 4.69) is 10.3 Å². The molecular weight excluding hydrogens is 270 g/mol. The van der Waals surface area contributed by atoms with Crippen molar-refractivity contribution in [3.8, 4) is 5.75 Å². The second-order valence-corrected chi connectivity index (χ2v) is 5.04. The van der Waals surface area contributed by atoms with Crippen LogP contribution < -0.4 is 16.0 Å². The molecule has 118 valence electrons. The van der Waals surface area contributed by atoms with E-state index >= 15 is 0 Å². The number of nitrogens with two attached hydrogens (primary N) is 1. The lowest BCUT2D eigenvalue weighted by Gasteiger charge is -2.18. The number of likely N-dealkylation sites (N-methyl/N-ethyl adjacent to an activating group) is 1. The zero-order chi connectivity index (χ0) is 15.7. The van der Waals surface area contributed by atoms with Crippen LogP contribution in [0, 0.1) is 0 Å². The zero-order valence-electron chi connectivity index (χ0n) is 13.0. The van der Waals surface area contributed by atoms with E-state index in [0.29, 0.717) is 24.5 Å². The smallest absolute Gasteiger partial charge is 0.268 e. The summed E-state index contributed by atoms with van der Waals surface area (Å²) in [5, 5.41) is 0. The lowest BCUT2D eigenvalue weighted by molar-refractivity contribution is 0.0616. The summed E-state index contributed by atoms with van der Waals surface area (Å²) in [5.74, 6) is 5.33. The Balaban J connectivity index is 2.37. The summed E-state index contributed by atoms with van der Waals surface area (Å²) in [6.07, 6.45) is 0.247. The number of carbonyl (C=O) groups is 1. The van der Waals surface area contributed by atoms with E-state index in [1.54, 1.807) is 18.2 Å². The maximum atomic E-state index is 11.6. The normalized spacial score (nSPS) is 11.0. The van der Waals surface area contributed by atoms with Gasteiger partial charge >= 0.3 is 0 Å². The van der Waals surface area contributed by atoms with Crippen molar-refractivity contribution >= 4 is 5.91 Å². The van der Waals surface area contributed by atoms with Crippen LogP contribution in [0.15, 0.2) is 24.3 Å². The summed E-state index contributed by atoms with van der Waals surface area (Å²) in [6, 6.07) is 7.03. The van der Waals surface area contributed by atoms with Crippen molar-refractivity contribution in [1.29, 1.82) is 0 Å². The van der Waals surface area contributed by atoms with Crippen molar-refractivity contribution in [2.24, 2.45) is 5.84 Å². The molecule has 0 radical (unpaired) electrons. The van der Waals surface area contributed by atoms with Gasteiger partial charge in [0.2, 0.25) is 0 Å². The molecule has 0 fully saturated rings. The van der Waals surface area contributed by atoms with Crippen molar-refractivity contribution in [1.82, 2.24) is 10.3 Å². The molecule has 0 atom stereocenters. The van der Waals surface area contributed by atoms with E-state index in [-0.39, 0.29) is 12.0 Å². The monoisotopic (exact) mass is 295 g/mol. The van der Waals surface area contributed by atoms with E-state index in [1.165, 1.54) is 0 Å². The summed E-state index contributed by atoms with van der Waals surface area (Å²) in [5.41, 5.74) is 2.55. The van der Waals surface area contributed by atoms with Gasteiger partial charge in [-0.3, -0.25) is 10.2 Å². The molecule has 1 aromatic carbocycles. The molecular formula is C15H25N3O3. The number of nitrogen functional groups attached to an aromatic ring is 1. The van der Waals surface area contributed by atoms with Crippen molar-refractivity contribution < 1.29 is 14.3 Å². The van der Waals surface area contributed by atoms with E-state index in [1.807, 2.05) is 27.0 Å². The van der Waals surface area contributed by atoms with E-state index in [0.717, 1.165) is 13.1 Å². The van der Waals surface area contributed by atoms with Gasteiger partial charge in [-0.1, -0.05) is 12.1 Å². The Morgan fingerprint density at radius 3 is 2.62 bits per heavy atom. The number of rotatable bonds is 9. The van der Waals surface area contributed by atoms with E-state index < -0.39 is 0 Å². The second-order valence-electron chi connectivity index (χ2n) is 5.04. The molecule has 0 spiro atoms. The van der Waals surface area contributed by atoms with Crippen molar-refractivity contribution in [3.63, 3.8) is 0 Å². The lowest BCUT2D eigenvalue weighted by Crippen LogP contribution is -2.31. The van der Waals surface area contributed by atoms with Gasteiger partial charge in [0.1, 0.15) is 12.4 Å². The standard InChI is InChI=1S/C15H25N3O3/c1-12(2)20-10-8-18(3)9-11-21-14-7-5-4-6-13(14)15(19)17-16/h4-7,12H,8-11,16H2,1-3H3,(H,17,19). The number of benzene rings is 1. The molecule has 0 saturated carbocycles. The van der Waals surface area contributed by atoms with E-state index in [9.17, 15) is 4.79 Å². The second kappa shape index (κ2) is 9.33. The highest BCUT2D eigenvalue weighted by molar-refractivity contribution is 5.96. The Morgan fingerprint density at radius 1 is 1.29 bits per heavy atom. The number of hydrogen-bond acceptors (Lipinski definition) is 5. The number of hydrazine groups is 1. The summed E-state index contributed by atoms with van der Waals surface area (Å²) >= 11 is 0. The number of amides is 1. The zero-order valence-corrected chi connectivity index (χ0v) is 13.0. The Morgan fingerprint density at radius 2 is 1.95 bits per heavy atom. The van der Waals surface area contributed by atoms with Gasteiger partial charge in [0.05, 0.1) is 18.3 Å². The molecule has 1 amide bonds. The highest BCUT2D eigenvalue weighted by atomic mass is 16.5. The number of nitrogens with one attached hydrogen (secondary N) is 1. The molecule has 0 heterocycles. The molecule has 0 aliphatic rings. The summed E-state index contributed by atoms with van der Waals surface area (Å²) < 4.78 is 11.2. The Bertz CT molecular complexity index is 438. The maximum absolute atomic E-state index is 11.6. The van der Waals surface area contributed by atoms with Crippen LogP contribution in [0.4, 0.5) is 0 Å². The quantitative estimate of drug-likeness (QED) is 0.404. The maximum Gasteiger partial charge on any atom is 0.268 e. The van der Waals surface area contributed by atoms with Gasteiger partial charge in [-0.15, -0.1) is 0 Å². The summed E-state index contributed by atoms with van der Waals surface area (Å²) in [4.78, 5) is 13.7. The molecule has 0 unspecified atom stereocenters. The fourth-order valence-corrected chi connectivity index (χ4v) is 1.73. The van der Waals surface area contributed by atoms with Crippen LogP contribution in [0.25, 0.3) is 0 Å². The average molecular weight is 295 g/mol. The molecule has 6 nitrogen and oxygen atoms in total. The molecule has 1 aromatic rings. The van der Waals surface area contributed by atoms with Crippen LogP contribution in [0.3, 0.4) is 0 Å². The first-order valence-electron chi connectivity index (χ1n) is 7.07. The van der Waals surface area contributed by atoms with Gasteiger partial charge in [-0.25, -0.2) is 5.84 Å². The lowest BCUT2D eigenvalue weighted by atomic mass is 10.2. The number of carbonyl (C=O) groups excluding carboxylic acids is 1. The fraction of sp³-hybridized carbons (Fsp3) is 0.533. The topological polar surface area (TPSA) is 76.8 Å². The molecule has 0 bridgehead atoms. The largest absolute Gasteiger partial charge is 0.491 e. The summed E-state index contributed by atoms with van der Waals surface area (Å²) in [7, 11) is 2.01. The van der Waals surface area contributed by atoms with Crippen LogP contribution in [0.5, 0.6) is 5.75 Å². The Labute approximate surface area is 126 Å². The van der Waals surface area contributed by atoms with Gasteiger partial charge in [0.25, 0.3) is 5.91 Å². The molecule has 6 heteroatoms. The predicted molar refractivity (Wildman–Crippen MR) is 82.2 cm³/mol. The first kappa shape index (κ1) is 17.4. The minimum absolute atomic E-state index is 0.247. The molecule has 0 saturated heterocycles. The number of nitrogens with zero attached hydrogens (tertiary/aromatic N) is 1. The highest BCUT2D eigenvalue weighted by Crippen LogP contribution is 2.17. The van der Waals surface area contributed by atoms with Crippen molar-refractivity contribution in [3.05, 3.63) is 29.8 Å². The molecule has 3 N–H and O–H groups in total. The van der Waals surface area contributed by atoms with Gasteiger partial charge < -0.3 is 14.4 Å². The number of ether oxygens (including phenoxy) is 2. The van der Waals surface area contributed by atoms with Crippen LogP contribution in [-0.2, 0) is 4.74 Å². The van der Waals surface area contributed by atoms with Gasteiger partial charge in [-0.05, 0) is 33.0 Å². The first-order valence-corrected chi connectivity index (χ1v) is 7.07. The average Bonchev–Trinajstić information content (AvgIpc) is 2.46. The van der Waals surface area contributed by atoms with Crippen LogP contribution in [-0.4, -0.2) is 50.3 Å². The van der Waals surface area contributed by atoms with E-state index in [4.69, 9.17) is 15.3 Å². The highest BCUT2D eigenvalue weighted by Gasteiger charge is 2.10. The van der Waals surface area contributed by atoms with Crippen LogP contribution in [0.2, 0.25) is 0 Å². The fourth-order valence-electron chi connectivity index (χ4n) is 1.73. The number of hydrogen-bond donors (Lipinski definition) is 2. The SMILES string of the molecule is CC(C)OCCN(C)CCOc1ccccc1C(=O)NN. The number of para-hydroxylation sites is 1. The first-order chi connectivity index (χ1) is 10.0.